The van der Waals surface area contributed by atoms with E-state index < -0.39 is 0 Å². The third kappa shape index (κ3) is 3.70. The van der Waals surface area contributed by atoms with Gasteiger partial charge in [-0.25, -0.2) is 9.98 Å². The Bertz CT molecular complexity index is 1080. The first-order chi connectivity index (χ1) is 14.8. The Balaban J connectivity index is 1.72. The number of piperidine rings is 1. The Morgan fingerprint density at radius 1 is 1.26 bits per heavy atom. The normalized spacial score (nSPS) is 22.6. The molecule has 2 aromatic rings. The zero-order valence-corrected chi connectivity index (χ0v) is 19.4. The number of hydrogen-bond donors (Lipinski definition) is 2. The molecule has 0 amide bonds. The van der Waals surface area contributed by atoms with Crippen molar-refractivity contribution in [1.82, 2.24) is 19.6 Å². The lowest BCUT2D eigenvalue weighted by molar-refractivity contribution is 0.197. The van der Waals surface area contributed by atoms with E-state index in [1.54, 1.807) is 6.33 Å². The number of nitrogens with zero attached hydrogens (tertiary/aromatic N) is 6. The molecule has 10 heteroatoms. The number of allylic oxidation sites excluding steroid dienone is 3. The molecule has 4 rings (SSSR count). The lowest BCUT2D eigenvalue weighted by Gasteiger charge is -2.42. The van der Waals surface area contributed by atoms with Crippen molar-refractivity contribution in [1.29, 1.82) is 0 Å². The van der Waals surface area contributed by atoms with Crippen LogP contribution in [0.15, 0.2) is 27.2 Å². The molecule has 0 unspecified atom stereocenters. The summed E-state index contributed by atoms with van der Waals surface area (Å²) >= 11 is 12.8. The summed E-state index contributed by atoms with van der Waals surface area (Å²) in [4.78, 5) is 10.9. The maximum atomic E-state index is 6.52. The van der Waals surface area contributed by atoms with E-state index in [0.29, 0.717) is 17.3 Å². The molecular weight excluding hydrogens is 435 g/mol. The number of nitrogens with two attached hydrogens (primary N) is 2. The maximum Gasteiger partial charge on any atom is 0.212 e. The number of halogens is 2. The van der Waals surface area contributed by atoms with E-state index in [1.807, 2.05) is 18.2 Å². The fourth-order valence-corrected chi connectivity index (χ4v) is 5.42. The van der Waals surface area contributed by atoms with Gasteiger partial charge in [0.15, 0.2) is 5.65 Å². The minimum atomic E-state index is 0.0677. The Morgan fingerprint density at radius 3 is 2.58 bits per heavy atom. The molecule has 0 bridgehead atoms. The SMILES string of the molecule is C=N/C(N)=C(Cl)\C(Cl)=C(/C)c1c(C)nc(N2CCC3(CCC[C@H]3N)CC2)n2cnnc12. The van der Waals surface area contributed by atoms with E-state index in [2.05, 4.69) is 26.8 Å². The van der Waals surface area contributed by atoms with E-state index in [0.717, 1.165) is 49.6 Å². The molecule has 0 aromatic carbocycles. The van der Waals surface area contributed by atoms with Gasteiger partial charge in [0.05, 0.1) is 10.7 Å². The number of anilines is 1. The van der Waals surface area contributed by atoms with Crippen molar-refractivity contribution < 1.29 is 0 Å². The number of fused-ring (bicyclic) bond motifs is 1. The highest BCUT2D eigenvalue weighted by molar-refractivity contribution is 6.46. The van der Waals surface area contributed by atoms with Crippen LogP contribution in [0.2, 0.25) is 0 Å². The van der Waals surface area contributed by atoms with Crippen LogP contribution in [-0.2, 0) is 0 Å². The molecule has 1 aliphatic carbocycles. The first kappa shape index (κ1) is 22.0. The lowest BCUT2D eigenvalue weighted by Crippen LogP contribution is -2.47. The summed E-state index contributed by atoms with van der Waals surface area (Å²) in [6.45, 7) is 9.02. The van der Waals surface area contributed by atoms with Gasteiger partial charge in [0.1, 0.15) is 17.2 Å². The van der Waals surface area contributed by atoms with Crippen LogP contribution in [-0.4, -0.2) is 45.4 Å². The van der Waals surface area contributed by atoms with E-state index in [-0.39, 0.29) is 21.3 Å². The van der Waals surface area contributed by atoms with Gasteiger partial charge in [0, 0.05) is 24.7 Å². The molecule has 3 heterocycles. The van der Waals surface area contributed by atoms with E-state index in [1.165, 1.54) is 12.8 Å². The lowest BCUT2D eigenvalue weighted by atomic mass is 9.74. The summed E-state index contributed by atoms with van der Waals surface area (Å²) in [5.41, 5.74) is 15.4. The zero-order chi connectivity index (χ0) is 22.3. The average Bonchev–Trinajstić information content (AvgIpc) is 3.39. The van der Waals surface area contributed by atoms with E-state index in [9.17, 15) is 0 Å². The Kier molecular flexibility index (Phi) is 5.98. The number of aromatic nitrogens is 4. The molecule has 2 fully saturated rings. The van der Waals surface area contributed by atoms with Crippen molar-refractivity contribution in [3.63, 3.8) is 0 Å². The predicted octanol–water partition coefficient (Wildman–Crippen LogP) is 3.57. The number of hydrogen-bond acceptors (Lipinski definition) is 7. The van der Waals surface area contributed by atoms with Gasteiger partial charge in [-0.15, -0.1) is 10.2 Å². The maximum absolute atomic E-state index is 6.52. The van der Waals surface area contributed by atoms with Crippen LogP contribution >= 0.6 is 23.2 Å². The minimum absolute atomic E-state index is 0.0677. The Labute approximate surface area is 192 Å². The fraction of sp³-hybridized carbons (Fsp3) is 0.524. The average molecular weight is 463 g/mol. The largest absolute Gasteiger partial charge is 0.382 e. The van der Waals surface area contributed by atoms with Crippen LogP contribution in [0, 0.1) is 12.3 Å². The molecule has 0 radical (unpaired) electrons. The highest BCUT2D eigenvalue weighted by Crippen LogP contribution is 2.46. The second-order valence-electron chi connectivity index (χ2n) is 8.54. The summed E-state index contributed by atoms with van der Waals surface area (Å²) in [7, 11) is 0. The van der Waals surface area contributed by atoms with Gasteiger partial charge < -0.3 is 16.4 Å². The van der Waals surface area contributed by atoms with Gasteiger partial charge in [-0.2, -0.15) is 0 Å². The summed E-state index contributed by atoms with van der Waals surface area (Å²) < 4.78 is 1.91. The van der Waals surface area contributed by atoms with Gasteiger partial charge >= 0.3 is 0 Å². The van der Waals surface area contributed by atoms with Crippen molar-refractivity contribution in [3.8, 4) is 0 Å². The van der Waals surface area contributed by atoms with Crippen LogP contribution in [0.5, 0.6) is 0 Å². The zero-order valence-electron chi connectivity index (χ0n) is 17.9. The summed E-state index contributed by atoms with van der Waals surface area (Å²) in [6.07, 6.45) is 7.45. The Hall–Kier alpha value is -2.16. The summed E-state index contributed by atoms with van der Waals surface area (Å²) in [5.74, 6) is 0.901. The van der Waals surface area contributed by atoms with Crippen LogP contribution in [0.4, 0.5) is 5.95 Å². The number of rotatable bonds is 4. The first-order valence-electron chi connectivity index (χ1n) is 10.5. The highest BCUT2D eigenvalue weighted by Gasteiger charge is 2.43. The molecule has 2 aromatic heterocycles. The Morgan fingerprint density at radius 2 is 1.97 bits per heavy atom. The minimum Gasteiger partial charge on any atom is -0.382 e. The van der Waals surface area contributed by atoms with E-state index in [4.69, 9.17) is 39.7 Å². The molecule has 31 heavy (non-hydrogen) atoms. The molecule has 1 atom stereocenters. The second-order valence-corrected chi connectivity index (χ2v) is 9.30. The van der Waals surface area contributed by atoms with Crippen molar-refractivity contribution in [2.45, 2.75) is 52.0 Å². The standard InChI is InChI=1S/C21H28Cl2N8/c1-12(16(22)17(23)18(25)26-3)15-13(2)28-20(31-11-27-29-19(15)31)30-9-7-21(8-10-30)6-4-5-14(21)24/h11,14H,3-10,24-25H2,1-2H3/b16-12-,18-17+/t14-/m1/s1. The molecule has 166 valence electrons. The third-order valence-electron chi connectivity index (χ3n) is 6.93. The molecule has 1 saturated carbocycles. The monoisotopic (exact) mass is 462 g/mol. The van der Waals surface area contributed by atoms with Crippen molar-refractivity contribution >= 4 is 47.1 Å². The van der Waals surface area contributed by atoms with Crippen LogP contribution in [0.25, 0.3) is 11.2 Å². The highest BCUT2D eigenvalue weighted by atomic mass is 35.5. The van der Waals surface area contributed by atoms with Crippen molar-refractivity contribution in [3.05, 3.63) is 33.5 Å². The smallest absolute Gasteiger partial charge is 0.212 e. The molecule has 1 aliphatic heterocycles. The fourth-order valence-electron chi connectivity index (χ4n) is 5.03. The van der Waals surface area contributed by atoms with Crippen LogP contribution < -0.4 is 16.4 Å². The molecular formula is C21H28Cl2N8. The van der Waals surface area contributed by atoms with Crippen LogP contribution in [0.1, 0.15) is 50.3 Å². The number of aliphatic imine (C=N–C) groups is 1. The van der Waals surface area contributed by atoms with Gasteiger partial charge in [0.25, 0.3) is 0 Å². The van der Waals surface area contributed by atoms with Gasteiger partial charge in [-0.1, -0.05) is 29.6 Å². The van der Waals surface area contributed by atoms with Crippen molar-refractivity contribution in [2.24, 2.45) is 21.9 Å². The van der Waals surface area contributed by atoms with Gasteiger partial charge in [-0.3, -0.25) is 4.40 Å². The second kappa shape index (κ2) is 8.41. The quantitative estimate of drug-likeness (QED) is 0.530. The number of aryl methyl sites for hydroxylation is 1. The molecule has 8 nitrogen and oxygen atoms in total. The first-order valence-corrected chi connectivity index (χ1v) is 11.2. The third-order valence-corrected chi connectivity index (χ3v) is 7.88. The topological polar surface area (TPSA) is 111 Å². The van der Waals surface area contributed by atoms with Crippen molar-refractivity contribution in [2.75, 3.05) is 18.0 Å². The molecule has 4 N–H and O–H groups in total. The summed E-state index contributed by atoms with van der Waals surface area (Å²) in [5, 5.41) is 8.92. The molecule has 1 spiro atoms. The predicted molar refractivity (Wildman–Crippen MR) is 126 cm³/mol. The molecule has 1 saturated heterocycles. The van der Waals surface area contributed by atoms with Gasteiger partial charge in [-0.05, 0) is 57.2 Å². The summed E-state index contributed by atoms with van der Waals surface area (Å²) in [6, 6.07) is 0.312. The molecule has 2 aliphatic rings. The van der Waals surface area contributed by atoms with Gasteiger partial charge in [0.2, 0.25) is 5.95 Å². The van der Waals surface area contributed by atoms with E-state index >= 15 is 0 Å². The van der Waals surface area contributed by atoms with Crippen LogP contribution in [0.3, 0.4) is 0 Å².